The quantitative estimate of drug-likeness (QED) is 0.719. The summed E-state index contributed by atoms with van der Waals surface area (Å²) in [4.78, 5) is 25.2. The van der Waals surface area contributed by atoms with Crippen LogP contribution in [0.5, 0.6) is 6.01 Å². The highest BCUT2D eigenvalue weighted by Gasteiger charge is 2.24. The van der Waals surface area contributed by atoms with E-state index in [1.165, 1.54) is 0 Å². The Hall–Kier alpha value is -2.12. The third-order valence-corrected chi connectivity index (χ3v) is 2.56. The number of carbonyl (C=O) groups is 1. The Morgan fingerprint density at radius 2 is 2.21 bits per heavy atom. The Kier molecular flexibility index (Phi) is 3.98. The lowest BCUT2D eigenvalue weighted by Crippen LogP contribution is -2.37. The van der Waals surface area contributed by atoms with Gasteiger partial charge in [-0.25, -0.2) is 0 Å². The number of ether oxygens (including phenoxy) is 1. The number of hydrogen-bond acceptors (Lipinski definition) is 7. The van der Waals surface area contributed by atoms with Crippen molar-refractivity contribution in [3.8, 4) is 6.01 Å². The van der Waals surface area contributed by atoms with E-state index in [4.69, 9.17) is 10.5 Å². The molecule has 1 saturated carbocycles. The molecule has 1 aliphatic carbocycles. The van der Waals surface area contributed by atoms with Gasteiger partial charge in [0.25, 0.3) is 0 Å². The Balaban J connectivity index is 2.00. The van der Waals surface area contributed by atoms with Gasteiger partial charge in [-0.3, -0.25) is 4.79 Å². The summed E-state index contributed by atoms with van der Waals surface area (Å²) in [5.41, 5.74) is 5.58. The highest BCUT2D eigenvalue weighted by Crippen LogP contribution is 2.18. The maximum atomic E-state index is 11.7. The molecule has 0 aliphatic heterocycles. The van der Waals surface area contributed by atoms with Crippen LogP contribution in [-0.2, 0) is 4.79 Å². The Labute approximate surface area is 111 Å². The summed E-state index contributed by atoms with van der Waals surface area (Å²) in [6.45, 7) is 2.44. The van der Waals surface area contributed by atoms with Gasteiger partial charge in [0.15, 0.2) is 0 Å². The topological polar surface area (TPSA) is 106 Å². The van der Waals surface area contributed by atoms with Crippen LogP contribution in [0.2, 0.25) is 0 Å². The van der Waals surface area contributed by atoms with Crippen LogP contribution in [0.4, 0.5) is 11.9 Å². The molecule has 0 unspecified atom stereocenters. The average molecular weight is 266 g/mol. The number of rotatable bonds is 6. The summed E-state index contributed by atoms with van der Waals surface area (Å²) in [6, 6.07) is 0.503. The zero-order valence-electron chi connectivity index (χ0n) is 11.1. The summed E-state index contributed by atoms with van der Waals surface area (Å²) in [5, 5.41) is 2.89. The lowest BCUT2D eigenvalue weighted by atomic mass is 10.5. The standard InChI is InChI=1S/C11H18N6O2/c1-3-19-11-15-9(12)14-10(16-11)17(2)6-8(18)13-7-4-5-7/h7H,3-6H2,1-2H3,(H,13,18)(H2,12,14,15,16). The van der Waals surface area contributed by atoms with Crippen LogP contribution in [0.3, 0.4) is 0 Å². The molecular formula is C11H18N6O2. The first-order valence-electron chi connectivity index (χ1n) is 6.23. The fourth-order valence-corrected chi connectivity index (χ4v) is 1.51. The van der Waals surface area contributed by atoms with Crippen molar-refractivity contribution in [2.45, 2.75) is 25.8 Å². The largest absolute Gasteiger partial charge is 0.464 e. The first-order valence-corrected chi connectivity index (χ1v) is 6.23. The van der Waals surface area contributed by atoms with E-state index in [-0.39, 0.29) is 24.4 Å². The number of nitrogen functional groups attached to an aromatic ring is 1. The SMILES string of the molecule is CCOc1nc(N)nc(N(C)CC(=O)NC2CC2)n1. The van der Waals surface area contributed by atoms with Crippen molar-refractivity contribution < 1.29 is 9.53 Å². The molecular weight excluding hydrogens is 248 g/mol. The second-order valence-corrected chi connectivity index (χ2v) is 4.41. The maximum Gasteiger partial charge on any atom is 0.323 e. The number of nitrogens with two attached hydrogens (primary N) is 1. The molecule has 1 fully saturated rings. The number of aromatic nitrogens is 3. The van der Waals surface area contributed by atoms with Gasteiger partial charge in [-0.1, -0.05) is 0 Å². The molecule has 8 nitrogen and oxygen atoms in total. The molecule has 1 aromatic heterocycles. The predicted molar refractivity (Wildman–Crippen MR) is 69.8 cm³/mol. The Morgan fingerprint density at radius 1 is 1.47 bits per heavy atom. The van der Waals surface area contributed by atoms with Gasteiger partial charge in [-0.2, -0.15) is 15.0 Å². The van der Waals surface area contributed by atoms with Crippen LogP contribution in [0, 0.1) is 0 Å². The van der Waals surface area contributed by atoms with E-state index < -0.39 is 0 Å². The molecule has 0 saturated heterocycles. The molecule has 0 radical (unpaired) electrons. The number of carbonyl (C=O) groups excluding carboxylic acids is 1. The number of amides is 1. The fraction of sp³-hybridized carbons (Fsp3) is 0.636. The molecule has 0 aromatic carbocycles. The van der Waals surface area contributed by atoms with Gasteiger partial charge in [0.1, 0.15) is 0 Å². The van der Waals surface area contributed by atoms with E-state index in [0.717, 1.165) is 12.8 Å². The molecule has 1 aromatic rings. The van der Waals surface area contributed by atoms with Crippen LogP contribution in [0.25, 0.3) is 0 Å². The van der Waals surface area contributed by atoms with E-state index in [9.17, 15) is 4.79 Å². The molecule has 0 bridgehead atoms. The third kappa shape index (κ3) is 3.94. The number of anilines is 2. The summed E-state index contributed by atoms with van der Waals surface area (Å²) < 4.78 is 5.19. The van der Waals surface area contributed by atoms with Gasteiger partial charge in [0.05, 0.1) is 13.2 Å². The van der Waals surface area contributed by atoms with Crippen molar-refractivity contribution >= 4 is 17.8 Å². The minimum absolute atomic E-state index is 0.0538. The predicted octanol–water partition coefficient (Wildman–Crippen LogP) is -0.433. The van der Waals surface area contributed by atoms with Gasteiger partial charge < -0.3 is 20.7 Å². The highest BCUT2D eigenvalue weighted by molar-refractivity contribution is 5.81. The summed E-state index contributed by atoms with van der Waals surface area (Å²) in [6.07, 6.45) is 2.12. The van der Waals surface area contributed by atoms with Crippen LogP contribution < -0.4 is 20.7 Å². The van der Waals surface area contributed by atoms with Crippen LogP contribution >= 0.6 is 0 Å². The molecule has 8 heteroatoms. The van der Waals surface area contributed by atoms with Crippen molar-refractivity contribution in [1.29, 1.82) is 0 Å². The molecule has 19 heavy (non-hydrogen) atoms. The van der Waals surface area contributed by atoms with E-state index in [0.29, 0.717) is 18.6 Å². The van der Waals surface area contributed by atoms with Crippen molar-refractivity contribution in [2.75, 3.05) is 30.8 Å². The minimum Gasteiger partial charge on any atom is -0.464 e. The summed E-state index contributed by atoms with van der Waals surface area (Å²) >= 11 is 0. The third-order valence-electron chi connectivity index (χ3n) is 2.56. The van der Waals surface area contributed by atoms with Gasteiger partial charge in [-0.15, -0.1) is 0 Å². The van der Waals surface area contributed by atoms with Crippen molar-refractivity contribution in [2.24, 2.45) is 0 Å². The second kappa shape index (κ2) is 5.68. The highest BCUT2D eigenvalue weighted by atomic mass is 16.5. The van der Waals surface area contributed by atoms with Crippen LogP contribution in [0.1, 0.15) is 19.8 Å². The number of hydrogen-bond donors (Lipinski definition) is 2. The molecule has 1 heterocycles. The monoisotopic (exact) mass is 266 g/mol. The molecule has 1 amide bonds. The normalized spacial score (nSPS) is 14.0. The van der Waals surface area contributed by atoms with Crippen molar-refractivity contribution in [3.05, 3.63) is 0 Å². The van der Waals surface area contributed by atoms with Gasteiger partial charge >= 0.3 is 6.01 Å². The molecule has 3 N–H and O–H groups in total. The lowest BCUT2D eigenvalue weighted by Gasteiger charge is -2.17. The number of likely N-dealkylation sites (N-methyl/N-ethyl adjacent to an activating group) is 1. The molecule has 1 aliphatic rings. The zero-order chi connectivity index (χ0) is 13.8. The van der Waals surface area contributed by atoms with Gasteiger partial charge in [0, 0.05) is 13.1 Å². The zero-order valence-corrected chi connectivity index (χ0v) is 11.1. The fourth-order valence-electron chi connectivity index (χ4n) is 1.51. The van der Waals surface area contributed by atoms with E-state index >= 15 is 0 Å². The smallest absolute Gasteiger partial charge is 0.323 e. The van der Waals surface area contributed by atoms with Crippen molar-refractivity contribution in [1.82, 2.24) is 20.3 Å². The molecule has 2 rings (SSSR count). The van der Waals surface area contributed by atoms with E-state index in [1.54, 1.807) is 11.9 Å². The summed E-state index contributed by atoms with van der Waals surface area (Å²) in [7, 11) is 1.72. The average Bonchev–Trinajstić information content (AvgIpc) is 3.12. The number of nitrogens with zero attached hydrogens (tertiary/aromatic N) is 4. The molecule has 0 atom stereocenters. The first kappa shape index (κ1) is 13.3. The minimum atomic E-state index is -0.0538. The number of nitrogens with one attached hydrogen (secondary N) is 1. The maximum absolute atomic E-state index is 11.7. The summed E-state index contributed by atoms with van der Waals surface area (Å²) in [5.74, 6) is 0.340. The molecule has 104 valence electrons. The second-order valence-electron chi connectivity index (χ2n) is 4.41. The Morgan fingerprint density at radius 3 is 2.84 bits per heavy atom. The first-order chi connectivity index (χ1) is 9.08. The lowest BCUT2D eigenvalue weighted by molar-refractivity contribution is -0.119. The van der Waals surface area contributed by atoms with Gasteiger partial charge in [0.2, 0.25) is 17.8 Å². The molecule has 0 spiro atoms. The van der Waals surface area contributed by atoms with Crippen LogP contribution in [0.15, 0.2) is 0 Å². The van der Waals surface area contributed by atoms with Crippen molar-refractivity contribution in [3.63, 3.8) is 0 Å². The van der Waals surface area contributed by atoms with E-state index in [2.05, 4.69) is 20.3 Å². The van der Waals surface area contributed by atoms with E-state index in [1.807, 2.05) is 6.92 Å². The Bertz CT molecular complexity index is 462. The van der Waals surface area contributed by atoms with Crippen LogP contribution in [-0.4, -0.2) is 47.1 Å². The van der Waals surface area contributed by atoms with Gasteiger partial charge in [-0.05, 0) is 19.8 Å².